The lowest BCUT2D eigenvalue weighted by Gasteiger charge is -2.59. The van der Waals surface area contributed by atoms with Crippen molar-refractivity contribution in [3.05, 3.63) is 119 Å². The summed E-state index contributed by atoms with van der Waals surface area (Å²) < 4.78 is 52.8. The van der Waals surface area contributed by atoms with Crippen LogP contribution in [0.3, 0.4) is 0 Å². The lowest BCUT2D eigenvalue weighted by atomic mass is 9.55. The standard InChI is InChI=1S/C46H54N4O10S/c1-4-23-49(61(55,56)41-19-10-14-31-15-12-22-47-45(31)41)42-30-39(48-57-3)37-27-32(13-6-8-24-51)36(18-7-9-25-52)43-38-29-35(59-34-17-11-16-33(28-34)50(53)54)20-21-40(38)60-46(42,44(37)43)58-26-5-2/h5,10-12,14-17,19-22,27-29,32,36,42-44,51-52H,2,4,6-9,13,18,23-26,30H2,1,3H3/t32-,36+,42-,43+,44+,46+/m0/s1. The molecule has 7 rings (SSSR count). The number of nitrogens with zero attached hydrogens (tertiary/aromatic N) is 4. The van der Waals surface area contributed by atoms with Crippen molar-refractivity contribution >= 4 is 32.3 Å². The maximum atomic E-state index is 15.4. The van der Waals surface area contributed by atoms with Crippen LogP contribution in [0.15, 0.2) is 113 Å². The van der Waals surface area contributed by atoms with Crippen molar-refractivity contribution in [2.24, 2.45) is 22.9 Å². The highest BCUT2D eigenvalue weighted by molar-refractivity contribution is 7.89. The van der Waals surface area contributed by atoms with Crippen LogP contribution in [-0.4, -0.2) is 83.9 Å². The van der Waals surface area contributed by atoms with E-state index >= 15 is 8.42 Å². The number of nitro benzene ring substituents is 1. The van der Waals surface area contributed by atoms with Gasteiger partial charge >= 0.3 is 0 Å². The largest absolute Gasteiger partial charge is 0.460 e. The van der Waals surface area contributed by atoms with Gasteiger partial charge in [0.1, 0.15) is 29.3 Å². The van der Waals surface area contributed by atoms with Crippen LogP contribution in [0.2, 0.25) is 0 Å². The van der Waals surface area contributed by atoms with E-state index in [9.17, 15) is 20.3 Å². The number of sulfonamides is 1. The minimum absolute atomic E-state index is 0.0123. The van der Waals surface area contributed by atoms with Crippen molar-refractivity contribution in [1.82, 2.24) is 9.29 Å². The van der Waals surface area contributed by atoms with E-state index in [0.717, 1.165) is 30.4 Å². The average molecular weight is 855 g/mol. The molecule has 2 heterocycles. The van der Waals surface area contributed by atoms with Crippen LogP contribution in [0.5, 0.6) is 17.2 Å². The molecular weight excluding hydrogens is 801 g/mol. The van der Waals surface area contributed by atoms with Gasteiger partial charge in [0.25, 0.3) is 5.69 Å². The first-order valence-electron chi connectivity index (χ1n) is 21.0. The number of hydrogen-bond acceptors (Lipinski definition) is 12. The Morgan fingerprint density at radius 3 is 2.52 bits per heavy atom. The number of rotatable bonds is 20. The van der Waals surface area contributed by atoms with Gasteiger partial charge in [-0.2, -0.15) is 4.31 Å². The number of oxime groups is 1. The number of fused-ring (bicyclic) bond motifs is 3. The number of pyridine rings is 1. The maximum Gasteiger partial charge on any atom is 0.273 e. The summed E-state index contributed by atoms with van der Waals surface area (Å²) in [4.78, 5) is 21.3. The van der Waals surface area contributed by atoms with Crippen LogP contribution in [0.4, 0.5) is 5.69 Å². The van der Waals surface area contributed by atoms with Crippen molar-refractivity contribution < 1.29 is 42.6 Å². The van der Waals surface area contributed by atoms with Crippen molar-refractivity contribution in [3.63, 3.8) is 0 Å². The third-order valence-electron chi connectivity index (χ3n) is 12.1. The molecule has 1 fully saturated rings. The highest BCUT2D eigenvalue weighted by Gasteiger charge is 2.66. The van der Waals surface area contributed by atoms with Gasteiger partial charge in [-0.25, -0.2) is 8.42 Å². The molecule has 1 aromatic heterocycles. The van der Waals surface area contributed by atoms with E-state index in [4.69, 9.17) is 19.0 Å². The zero-order valence-electron chi connectivity index (χ0n) is 34.6. The molecule has 4 aromatic rings. The average Bonchev–Trinajstić information content (AvgIpc) is 3.26. The van der Waals surface area contributed by atoms with Gasteiger partial charge in [0, 0.05) is 55.3 Å². The first-order valence-corrected chi connectivity index (χ1v) is 22.4. The Labute approximate surface area is 356 Å². The molecule has 2 aliphatic carbocycles. The number of unbranched alkanes of at least 4 members (excludes halogenated alkanes) is 2. The third-order valence-corrected chi connectivity index (χ3v) is 14.0. The molecule has 61 heavy (non-hydrogen) atoms. The van der Waals surface area contributed by atoms with E-state index in [2.05, 4.69) is 22.8 Å². The molecule has 0 amide bonds. The number of allylic oxidation sites excluding steroid dienone is 1. The van der Waals surface area contributed by atoms with E-state index in [1.165, 1.54) is 23.5 Å². The van der Waals surface area contributed by atoms with Crippen LogP contribution < -0.4 is 9.47 Å². The quantitative estimate of drug-likeness (QED) is 0.0377. The van der Waals surface area contributed by atoms with Crippen molar-refractivity contribution in [3.8, 4) is 17.2 Å². The Morgan fingerprint density at radius 2 is 1.79 bits per heavy atom. The fourth-order valence-corrected chi connectivity index (χ4v) is 11.6. The first-order chi connectivity index (χ1) is 29.6. The molecule has 0 radical (unpaired) electrons. The Balaban J connectivity index is 1.47. The zero-order chi connectivity index (χ0) is 43.1. The van der Waals surface area contributed by atoms with Gasteiger partial charge < -0.3 is 29.3 Å². The Morgan fingerprint density at radius 1 is 1.03 bits per heavy atom. The predicted octanol–water partition coefficient (Wildman–Crippen LogP) is 8.30. The van der Waals surface area contributed by atoms with Gasteiger partial charge in [-0.3, -0.25) is 15.1 Å². The highest BCUT2D eigenvalue weighted by Crippen LogP contribution is 2.62. The minimum atomic E-state index is -4.30. The van der Waals surface area contributed by atoms with Crippen LogP contribution in [0, 0.1) is 27.9 Å². The van der Waals surface area contributed by atoms with Gasteiger partial charge in [0.05, 0.1) is 40.8 Å². The van der Waals surface area contributed by atoms with Crippen LogP contribution in [0.25, 0.3) is 10.9 Å². The maximum absolute atomic E-state index is 15.4. The number of nitro groups is 1. The van der Waals surface area contributed by atoms with Crippen molar-refractivity contribution in [1.29, 1.82) is 0 Å². The summed E-state index contributed by atoms with van der Waals surface area (Å²) in [6.45, 7) is 6.17. The summed E-state index contributed by atoms with van der Waals surface area (Å²) in [7, 11) is -2.83. The summed E-state index contributed by atoms with van der Waals surface area (Å²) in [5.74, 6) is -1.49. The van der Waals surface area contributed by atoms with Gasteiger partial charge in [-0.15, -0.1) is 6.58 Å². The summed E-state index contributed by atoms with van der Waals surface area (Å²) in [5.41, 5.74) is 2.45. The van der Waals surface area contributed by atoms with Gasteiger partial charge in [0.2, 0.25) is 15.8 Å². The molecule has 2 N–H and O–H groups in total. The van der Waals surface area contributed by atoms with E-state index in [1.54, 1.807) is 54.7 Å². The number of ether oxygens (including phenoxy) is 3. The van der Waals surface area contributed by atoms with Gasteiger partial charge in [-0.05, 0) is 85.9 Å². The fraction of sp³-hybridized carbons (Fsp3) is 0.435. The number of aromatic nitrogens is 1. The summed E-state index contributed by atoms with van der Waals surface area (Å²) in [5, 5.41) is 36.7. The molecule has 0 unspecified atom stereocenters. The fourth-order valence-electron chi connectivity index (χ4n) is 9.67. The summed E-state index contributed by atoms with van der Waals surface area (Å²) in [6, 6.07) is 19.2. The van der Waals surface area contributed by atoms with Crippen LogP contribution in [-0.2, 0) is 19.6 Å². The van der Waals surface area contributed by atoms with Crippen molar-refractivity contribution in [2.75, 3.05) is 33.5 Å². The molecule has 14 nitrogen and oxygen atoms in total. The van der Waals surface area contributed by atoms with E-state index in [1.807, 2.05) is 25.1 Å². The van der Waals surface area contributed by atoms with Gasteiger partial charge in [-0.1, -0.05) is 61.3 Å². The second-order valence-electron chi connectivity index (χ2n) is 15.8. The number of aliphatic hydroxyl groups excluding tert-OH is 2. The monoisotopic (exact) mass is 854 g/mol. The number of para-hydroxylation sites is 1. The summed E-state index contributed by atoms with van der Waals surface area (Å²) >= 11 is 0. The second-order valence-corrected chi connectivity index (χ2v) is 17.6. The predicted molar refractivity (Wildman–Crippen MR) is 231 cm³/mol. The molecular formula is C46H54N4O10S. The Bertz CT molecular complexity index is 2380. The Hall–Kier alpha value is -5.19. The molecule has 3 aliphatic rings. The molecule has 324 valence electrons. The SMILES string of the molecule is C=CCO[C@@]12Oc3ccc(Oc4cccc([N+](=O)[O-])c4)cc3[C@H]3[C@H](CCCCO)[C@@H](CCCCO)C=C(C(=NOC)C[C@@H]1N(CCC)S(=O)(=O)c1cccc4cccnc14)[C@H]32. The molecule has 0 spiro atoms. The van der Waals surface area contributed by atoms with E-state index in [0.29, 0.717) is 53.8 Å². The normalized spacial score (nSPS) is 23.8. The number of benzene rings is 3. The third kappa shape index (κ3) is 8.67. The minimum Gasteiger partial charge on any atom is -0.460 e. The van der Waals surface area contributed by atoms with Gasteiger partial charge in [0.15, 0.2) is 0 Å². The topological polar surface area (TPSA) is 183 Å². The van der Waals surface area contributed by atoms with Crippen LogP contribution >= 0.6 is 0 Å². The molecule has 1 aliphatic heterocycles. The first kappa shape index (κ1) is 43.9. The number of hydrogen-bond donors (Lipinski definition) is 2. The highest BCUT2D eigenvalue weighted by atomic mass is 32.2. The lowest BCUT2D eigenvalue weighted by Crippen LogP contribution is -2.70. The molecule has 15 heteroatoms. The number of non-ortho nitro benzene ring substituents is 1. The second kappa shape index (κ2) is 19.2. The smallest absolute Gasteiger partial charge is 0.273 e. The summed E-state index contributed by atoms with van der Waals surface area (Å²) in [6.07, 6.45) is 10.2. The zero-order valence-corrected chi connectivity index (χ0v) is 35.4. The molecule has 6 atom stereocenters. The Kier molecular flexibility index (Phi) is 13.8. The molecule has 3 aromatic carbocycles. The molecule has 1 saturated carbocycles. The number of aliphatic hydroxyl groups is 2. The van der Waals surface area contributed by atoms with Crippen LogP contribution in [0.1, 0.15) is 69.8 Å². The molecule has 0 bridgehead atoms. The van der Waals surface area contributed by atoms with E-state index in [-0.39, 0.29) is 66.9 Å². The van der Waals surface area contributed by atoms with Crippen molar-refractivity contribution in [2.45, 2.75) is 80.9 Å². The molecule has 0 saturated heterocycles. The lowest BCUT2D eigenvalue weighted by molar-refractivity contribution is -0.384. The van der Waals surface area contributed by atoms with E-state index < -0.39 is 32.7 Å².